The van der Waals surface area contributed by atoms with E-state index in [0.29, 0.717) is 11.0 Å². The minimum absolute atomic E-state index is 0.0542. The molecule has 0 aliphatic rings. The second-order valence-corrected chi connectivity index (χ2v) is 10.6. The molecule has 0 spiro atoms. The lowest BCUT2D eigenvalue weighted by molar-refractivity contribution is -0.140. The van der Waals surface area contributed by atoms with Crippen molar-refractivity contribution in [2.75, 3.05) is 13.6 Å². The molecule has 2 atom stereocenters. The number of thiocarbonyl (C=S) groups is 2. The molecule has 0 saturated carbocycles. The number of benzene rings is 2. The number of hydrogen-bond donors (Lipinski definition) is 1. The van der Waals surface area contributed by atoms with Crippen molar-refractivity contribution in [1.82, 2.24) is 10.2 Å². The Balaban J connectivity index is 2.47. The molecular formula is C24H17Cl3F10N2S2. The zero-order chi connectivity index (χ0) is 31.7. The molecule has 2 rings (SSSR count). The molecule has 2 nitrogen and oxygen atoms in total. The third-order valence-electron chi connectivity index (χ3n) is 5.39. The van der Waals surface area contributed by atoms with Crippen LogP contribution in [0.3, 0.4) is 0 Å². The highest BCUT2D eigenvalue weighted by atomic mass is 35.5. The van der Waals surface area contributed by atoms with Gasteiger partial charge < -0.3 is 10.2 Å². The molecule has 2 aromatic rings. The van der Waals surface area contributed by atoms with Gasteiger partial charge in [0.2, 0.25) is 0 Å². The SMILES string of the molecule is C[C@@H](NC(=S)c1ccc(/C(F)=C/C(c2cc(Cl)c(Cl)c(Cl)c2)C(F)(F)F)cc1C(F)(F)F)C(=S)N(C)CC(F)(F)F. The van der Waals surface area contributed by atoms with Crippen molar-refractivity contribution in [3.63, 3.8) is 0 Å². The fraction of sp³-hybridized carbons (Fsp3) is 0.333. The van der Waals surface area contributed by atoms with Gasteiger partial charge in [0.1, 0.15) is 28.3 Å². The Bertz CT molecular complexity index is 1320. The minimum atomic E-state index is -5.16. The summed E-state index contributed by atoms with van der Waals surface area (Å²) in [7, 11) is 1.03. The van der Waals surface area contributed by atoms with Crippen LogP contribution in [0, 0.1) is 0 Å². The van der Waals surface area contributed by atoms with E-state index in [-0.39, 0.29) is 32.2 Å². The van der Waals surface area contributed by atoms with E-state index in [1.54, 1.807) is 0 Å². The molecule has 0 aromatic heterocycles. The van der Waals surface area contributed by atoms with Gasteiger partial charge >= 0.3 is 18.5 Å². The number of nitrogens with zero attached hydrogens (tertiary/aromatic N) is 1. The first-order valence-electron chi connectivity index (χ1n) is 11.0. The maximum atomic E-state index is 15.1. The molecule has 226 valence electrons. The number of alkyl halides is 9. The molecule has 0 bridgehead atoms. The summed E-state index contributed by atoms with van der Waals surface area (Å²) in [6.07, 6.45) is -14.8. The maximum absolute atomic E-state index is 15.1. The highest BCUT2D eigenvalue weighted by Gasteiger charge is 2.41. The van der Waals surface area contributed by atoms with Crippen LogP contribution in [0.25, 0.3) is 5.83 Å². The summed E-state index contributed by atoms with van der Waals surface area (Å²) >= 11 is 27.2. The van der Waals surface area contributed by atoms with Crippen molar-refractivity contribution in [1.29, 1.82) is 0 Å². The maximum Gasteiger partial charge on any atom is 0.417 e. The Kier molecular flexibility index (Phi) is 11.4. The van der Waals surface area contributed by atoms with Crippen molar-refractivity contribution < 1.29 is 43.9 Å². The van der Waals surface area contributed by atoms with Gasteiger partial charge in [0.25, 0.3) is 0 Å². The van der Waals surface area contributed by atoms with E-state index in [1.165, 1.54) is 6.92 Å². The first kappa shape index (κ1) is 35.3. The molecule has 17 heteroatoms. The Hall–Kier alpha value is -1.87. The van der Waals surface area contributed by atoms with Gasteiger partial charge in [-0.25, -0.2) is 4.39 Å². The van der Waals surface area contributed by atoms with Crippen molar-refractivity contribution >= 4 is 75.0 Å². The molecule has 0 amide bonds. The molecule has 0 radical (unpaired) electrons. The third-order valence-corrected chi connectivity index (χ3v) is 7.59. The monoisotopic (exact) mass is 692 g/mol. The molecular weight excluding hydrogens is 677 g/mol. The Morgan fingerprint density at radius 1 is 0.951 bits per heavy atom. The number of rotatable bonds is 7. The molecule has 0 aliphatic heterocycles. The predicted octanol–water partition coefficient (Wildman–Crippen LogP) is 9.80. The molecule has 0 fully saturated rings. The first-order valence-corrected chi connectivity index (χ1v) is 12.9. The Morgan fingerprint density at radius 2 is 1.49 bits per heavy atom. The first-order chi connectivity index (χ1) is 18.5. The summed E-state index contributed by atoms with van der Waals surface area (Å²) in [5.74, 6) is -4.32. The van der Waals surface area contributed by atoms with Gasteiger partial charge in [0.15, 0.2) is 0 Å². The van der Waals surface area contributed by atoms with E-state index in [9.17, 15) is 39.5 Å². The van der Waals surface area contributed by atoms with Crippen LogP contribution in [0.1, 0.15) is 35.1 Å². The van der Waals surface area contributed by atoms with Crippen LogP contribution in [-0.2, 0) is 6.18 Å². The minimum Gasteiger partial charge on any atom is -0.367 e. The van der Waals surface area contributed by atoms with E-state index in [2.05, 4.69) is 5.32 Å². The molecule has 41 heavy (non-hydrogen) atoms. The van der Waals surface area contributed by atoms with Crippen molar-refractivity contribution in [2.24, 2.45) is 0 Å². The summed E-state index contributed by atoms with van der Waals surface area (Å²) in [5.41, 5.74) is -3.71. The number of likely N-dealkylation sites (N-methyl/N-ethyl adjacent to an activating group) is 1. The van der Waals surface area contributed by atoms with Gasteiger partial charge in [0.05, 0.1) is 26.7 Å². The highest BCUT2D eigenvalue weighted by molar-refractivity contribution is 7.81. The number of hydrogen-bond acceptors (Lipinski definition) is 2. The van der Waals surface area contributed by atoms with Crippen LogP contribution in [0.4, 0.5) is 43.9 Å². The third kappa shape index (κ3) is 9.57. The fourth-order valence-corrected chi connectivity index (χ4v) is 4.61. The summed E-state index contributed by atoms with van der Waals surface area (Å²) < 4.78 is 136. The average molecular weight is 694 g/mol. The van der Waals surface area contributed by atoms with Gasteiger partial charge in [-0.05, 0) is 36.8 Å². The average Bonchev–Trinajstić information content (AvgIpc) is 2.82. The van der Waals surface area contributed by atoms with Crippen LogP contribution in [0.2, 0.25) is 15.1 Å². The highest BCUT2D eigenvalue weighted by Crippen LogP contribution is 2.43. The van der Waals surface area contributed by atoms with Gasteiger partial charge in [0, 0.05) is 18.2 Å². The summed E-state index contributed by atoms with van der Waals surface area (Å²) in [5, 5.41) is 1.43. The van der Waals surface area contributed by atoms with Gasteiger partial charge in [-0.15, -0.1) is 0 Å². The van der Waals surface area contributed by atoms with Crippen molar-refractivity contribution in [3.8, 4) is 0 Å². The van der Waals surface area contributed by atoms with E-state index >= 15 is 4.39 Å². The van der Waals surface area contributed by atoms with E-state index in [1.807, 2.05) is 0 Å². The smallest absolute Gasteiger partial charge is 0.367 e. The van der Waals surface area contributed by atoms with Gasteiger partial charge in [-0.3, -0.25) is 0 Å². The van der Waals surface area contributed by atoms with Crippen LogP contribution in [-0.4, -0.2) is 46.9 Å². The topological polar surface area (TPSA) is 15.3 Å². The van der Waals surface area contributed by atoms with Gasteiger partial charge in [-0.1, -0.05) is 71.4 Å². The molecule has 0 saturated heterocycles. The number of halogens is 13. The standard InChI is InChI=1S/C24H17Cl3F10N2S2/c1-10(21(41)39(2)9-22(29,30)31)38-20(40)13-4-3-11(5-15(13)24(35,36)37)18(28)8-14(23(32,33)34)12-6-16(25)19(27)17(26)7-12/h3-8,10,14H,9H2,1-2H3,(H,38,40)/b18-8-/t10-,14?/m1/s1. The lowest BCUT2D eigenvalue weighted by atomic mass is 9.95. The second-order valence-electron chi connectivity index (χ2n) is 8.60. The van der Waals surface area contributed by atoms with Crippen LogP contribution < -0.4 is 5.32 Å². The van der Waals surface area contributed by atoms with Crippen LogP contribution in [0.15, 0.2) is 36.4 Å². The van der Waals surface area contributed by atoms with Crippen LogP contribution >= 0.6 is 59.2 Å². The Morgan fingerprint density at radius 3 is 1.95 bits per heavy atom. The zero-order valence-electron chi connectivity index (χ0n) is 20.5. The van der Waals surface area contributed by atoms with E-state index in [4.69, 9.17) is 59.2 Å². The fourth-order valence-electron chi connectivity index (χ4n) is 3.52. The quantitative estimate of drug-likeness (QED) is 0.176. The zero-order valence-corrected chi connectivity index (χ0v) is 24.4. The molecule has 1 N–H and O–H groups in total. The normalized spacial score (nSPS) is 14.5. The molecule has 2 aromatic carbocycles. The number of nitrogens with one attached hydrogen (secondary N) is 1. The second kappa shape index (κ2) is 13.2. The van der Waals surface area contributed by atoms with Crippen LogP contribution in [0.5, 0.6) is 0 Å². The predicted molar refractivity (Wildman–Crippen MR) is 146 cm³/mol. The van der Waals surface area contributed by atoms with E-state index in [0.717, 1.165) is 25.2 Å². The summed E-state index contributed by atoms with van der Waals surface area (Å²) in [6.45, 7) is -0.163. The van der Waals surface area contributed by atoms with Gasteiger partial charge in [-0.2, -0.15) is 39.5 Å². The molecule has 0 aliphatic carbocycles. The van der Waals surface area contributed by atoms with Crippen molar-refractivity contribution in [3.05, 3.63) is 73.7 Å². The summed E-state index contributed by atoms with van der Waals surface area (Å²) in [4.78, 5) is -0.256. The van der Waals surface area contributed by atoms with Crippen molar-refractivity contribution in [2.45, 2.75) is 37.4 Å². The lowest BCUT2D eigenvalue weighted by Crippen LogP contribution is -2.47. The Labute approximate surface area is 253 Å². The molecule has 1 unspecified atom stereocenters. The molecule has 0 heterocycles. The lowest BCUT2D eigenvalue weighted by Gasteiger charge is -2.27. The largest absolute Gasteiger partial charge is 0.417 e. The van der Waals surface area contributed by atoms with E-state index < -0.39 is 70.1 Å². The number of allylic oxidation sites excluding steroid dienone is 1. The summed E-state index contributed by atoms with van der Waals surface area (Å²) in [6, 6.07) is 2.19.